The number of hydrogen-bond donors (Lipinski definition) is 0. The summed E-state index contributed by atoms with van der Waals surface area (Å²) in [5, 5.41) is 0. The number of carbonyl (C=O) groups is 2. The van der Waals surface area contributed by atoms with Gasteiger partial charge in [-0.3, -0.25) is 9.59 Å². The molecule has 0 heterocycles. The largest absolute Gasteiger partial charge is 0.455 e. The van der Waals surface area contributed by atoms with E-state index in [1.807, 2.05) is 0 Å². The molecule has 0 aliphatic rings. The van der Waals surface area contributed by atoms with Gasteiger partial charge in [-0.2, -0.15) is 13.2 Å². The molecule has 0 fully saturated rings. The number of carbonyl (C=O) groups excluding carboxylic acids is 2. The van der Waals surface area contributed by atoms with E-state index >= 15 is 0 Å². The van der Waals surface area contributed by atoms with Gasteiger partial charge in [0.25, 0.3) is 5.78 Å². The minimum Gasteiger partial charge on any atom is -0.377 e. The quantitative estimate of drug-likeness (QED) is 0.416. The van der Waals surface area contributed by atoms with Crippen LogP contribution in [0.5, 0.6) is 0 Å². The molecule has 16 heavy (non-hydrogen) atoms. The third kappa shape index (κ3) is 4.04. The van der Waals surface area contributed by atoms with E-state index in [4.69, 9.17) is 0 Å². The summed E-state index contributed by atoms with van der Waals surface area (Å²) in [6.07, 6.45) is -4.04. The number of rotatable bonds is 5. The van der Waals surface area contributed by atoms with Gasteiger partial charge in [0.1, 0.15) is 0 Å². The van der Waals surface area contributed by atoms with Crippen molar-refractivity contribution < 1.29 is 22.8 Å². The third-order valence-corrected chi connectivity index (χ3v) is 2.01. The summed E-state index contributed by atoms with van der Waals surface area (Å²) in [5.41, 5.74) is -0.823. The lowest BCUT2D eigenvalue weighted by molar-refractivity contribution is -0.167. The van der Waals surface area contributed by atoms with Crippen molar-refractivity contribution in [3.63, 3.8) is 0 Å². The highest BCUT2D eigenvalue weighted by atomic mass is 19.4. The number of halogens is 3. The minimum absolute atomic E-state index is 0.429. The van der Waals surface area contributed by atoms with Gasteiger partial charge in [0.15, 0.2) is 5.78 Å². The second kappa shape index (κ2) is 5.67. The van der Waals surface area contributed by atoms with Gasteiger partial charge in [-0.25, -0.2) is 0 Å². The Balaban J connectivity index is 5.17. The third-order valence-electron chi connectivity index (χ3n) is 2.01. The number of Topliss-reactive ketones (excluding diaryl/α,β-unsaturated/α-hetero) is 2. The molecule has 0 rings (SSSR count). The Morgan fingerprint density at radius 1 is 1.19 bits per heavy atom. The van der Waals surface area contributed by atoms with Crippen LogP contribution in [0, 0.1) is 0 Å². The fourth-order valence-electron chi connectivity index (χ4n) is 1.05. The lowest BCUT2D eigenvalue weighted by atomic mass is 10.1. The Morgan fingerprint density at radius 3 is 1.88 bits per heavy atom. The van der Waals surface area contributed by atoms with E-state index in [-0.39, 0.29) is 0 Å². The first kappa shape index (κ1) is 14.7. The fourth-order valence-corrected chi connectivity index (χ4v) is 1.05. The predicted octanol–water partition coefficient (Wildman–Crippen LogP) is 1.93. The van der Waals surface area contributed by atoms with Crippen molar-refractivity contribution in [2.24, 2.45) is 0 Å². The SMILES string of the molecule is CCN(/C=C(\C(C)=O)C(=O)C(F)(F)F)CC. The molecule has 0 radical (unpaired) electrons. The van der Waals surface area contributed by atoms with E-state index in [0.717, 1.165) is 13.1 Å². The monoisotopic (exact) mass is 237 g/mol. The normalized spacial score (nSPS) is 12.5. The van der Waals surface area contributed by atoms with Crippen molar-refractivity contribution >= 4 is 11.6 Å². The van der Waals surface area contributed by atoms with E-state index < -0.39 is 23.3 Å². The highest BCUT2D eigenvalue weighted by molar-refractivity contribution is 6.21. The van der Waals surface area contributed by atoms with Crippen molar-refractivity contribution in [2.45, 2.75) is 26.9 Å². The van der Waals surface area contributed by atoms with Crippen molar-refractivity contribution in [3.05, 3.63) is 11.8 Å². The summed E-state index contributed by atoms with van der Waals surface area (Å²) in [7, 11) is 0. The Labute approximate surface area is 91.9 Å². The maximum Gasteiger partial charge on any atom is 0.455 e. The van der Waals surface area contributed by atoms with Crippen LogP contribution in [0.25, 0.3) is 0 Å². The van der Waals surface area contributed by atoms with Crippen LogP contribution in [0.15, 0.2) is 11.8 Å². The Hall–Kier alpha value is -1.33. The molecule has 0 saturated heterocycles. The van der Waals surface area contributed by atoms with Crippen LogP contribution < -0.4 is 0 Å². The maximum atomic E-state index is 12.2. The Morgan fingerprint density at radius 2 is 1.62 bits per heavy atom. The van der Waals surface area contributed by atoms with Gasteiger partial charge in [0.05, 0.1) is 5.57 Å². The molecular formula is C10H14F3NO2. The fraction of sp³-hybridized carbons (Fsp3) is 0.600. The van der Waals surface area contributed by atoms with Crippen LogP contribution >= 0.6 is 0 Å². The maximum absolute atomic E-state index is 12.2. The molecule has 6 heteroatoms. The molecular weight excluding hydrogens is 223 g/mol. The average Bonchev–Trinajstić information content (AvgIpc) is 2.17. The molecule has 0 N–H and O–H groups in total. The second-order valence-corrected chi connectivity index (χ2v) is 3.15. The average molecular weight is 237 g/mol. The van der Waals surface area contributed by atoms with E-state index in [9.17, 15) is 22.8 Å². The lowest BCUT2D eigenvalue weighted by Gasteiger charge is -2.17. The number of allylic oxidation sites excluding steroid dienone is 1. The summed E-state index contributed by atoms with van der Waals surface area (Å²) >= 11 is 0. The van der Waals surface area contributed by atoms with Crippen LogP contribution in [0.1, 0.15) is 20.8 Å². The van der Waals surface area contributed by atoms with Crippen LogP contribution in [0.3, 0.4) is 0 Å². The molecule has 0 atom stereocenters. The number of alkyl halides is 3. The molecule has 0 bridgehead atoms. The first-order chi connectivity index (χ1) is 7.23. The first-order valence-corrected chi connectivity index (χ1v) is 4.82. The zero-order chi connectivity index (χ0) is 12.9. The number of hydrogen-bond acceptors (Lipinski definition) is 3. The van der Waals surface area contributed by atoms with Gasteiger partial charge in [0.2, 0.25) is 0 Å². The zero-order valence-electron chi connectivity index (χ0n) is 9.39. The molecule has 0 aliphatic carbocycles. The summed E-state index contributed by atoms with van der Waals surface area (Å²) in [5.74, 6) is -2.97. The molecule has 0 saturated carbocycles. The van der Waals surface area contributed by atoms with Crippen molar-refractivity contribution in [1.29, 1.82) is 0 Å². The number of nitrogens with zero attached hydrogens (tertiary/aromatic N) is 1. The van der Waals surface area contributed by atoms with Gasteiger partial charge in [-0.1, -0.05) is 0 Å². The second-order valence-electron chi connectivity index (χ2n) is 3.15. The summed E-state index contributed by atoms with van der Waals surface area (Å²) in [6.45, 7) is 5.24. The first-order valence-electron chi connectivity index (χ1n) is 4.82. The molecule has 0 unspecified atom stereocenters. The predicted molar refractivity (Wildman–Crippen MR) is 52.7 cm³/mol. The summed E-state index contributed by atoms with van der Waals surface area (Å²) in [6, 6.07) is 0. The molecule has 3 nitrogen and oxygen atoms in total. The van der Waals surface area contributed by atoms with Crippen LogP contribution in [-0.2, 0) is 9.59 Å². The highest BCUT2D eigenvalue weighted by Gasteiger charge is 2.42. The number of ketones is 2. The van der Waals surface area contributed by atoms with Crippen molar-refractivity contribution in [1.82, 2.24) is 4.90 Å². The Kier molecular flexibility index (Phi) is 5.20. The molecule has 0 aromatic rings. The smallest absolute Gasteiger partial charge is 0.377 e. The van der Waals surface area contributed by atoms with E-state index in [1.54, 1.807) is 13.8 Å². The highest BCUT2D eigenvalue weighted by Crippen LogP contribution is 2.21. The molecule has 92 valence electrons. The molecule has 0 amide bonds. The van der Waals surface area contributed by atoms with Gasteiger partial charge in [-0.15, -0.1) is 0 Å². The topological polar surface area (TPSA) is 37.4 Å². The van der Waals surface area contributed by atoms with E-state index in [1.165, 1.54) is 4.90 Å². The van der Waals surface area contributed by atoms with Crippen LogP contribution in [-0.4, -0.2) is 35.7 Å². The van der Waals surface area contributed by atoms with Crippen molar-refractivity contribution in [2.75, 3.05) is 13.1 Å². The molecule has 0 aliphatic heterocycles. The standard InChI is InChI=1S/C10H14F3NO2/c1-4-14(5-2)6-8(7(3)15)9(16)10(11,12)13/h6H,4-5H2,1-3H3/b8-6+. The van der Waals surface area contributed by atoms with E-state index in [0.29, 0.717) is 13.1 Å². The zero-order valence-corrected chi connectivity index (χ0v) is 9.39. The summed E-state index contributed by atoms with van der Waals surface area (Å²) < 4.78 is 36.5. The van der Waals surface area contributed by atoms with Gasteiger partial charge in [-0.05, 0) is 20.8 Å². The minimum atomic E-state index is -5.01. The lowest BCUT2D eigenvalue weighted by Crippen LogP contribution is -2.29. The molecule has 0 aromatic heterocycles. The van der Waals surface area contributed by atoms with Gasteiger partial charge < -0.3 is 4.90 Å². The molecule has 0 aromatic carbocycles. The van der Waals surface area contributed by atoms with Crippen molar-refractivity contribution in [3.8, 4) is 0 Å². The Bertz CT molecular complexity index is 304. The molecule has 0 spiro atoms. The van der Waals surface area contributed by atoms with Crippen LogP contribution in [0.2, 0.25) is 0 Å². The van der Waals surface area contributed by atoms with Gasteiger partial charge in [0, 0.05) is 19.3 Å². The van der Waals surface area contributed by atoms with E-state index in [2.05, 4.69) is 0 Å². The van der Waals surface area contributed by atoms with Gasteiger partial charge >= 0.3 is 6.18 Å². The van der Waals surface area contributed by atoms with Crippen LogP contribution in [0.4, 0.5) is 13.2 Å². The summed E-state index contributed by atoms with van der Waals surface area (Å²) in [4.78, 5) is 23.4.